The molecular weight excluding hydrogens is 234 g/mol. The summed E-state index contributed by atoms with van der Waals surface area (Å²) in [5.41, 5.74) is 2.11. The maximum absolute atomic E-state index is 9.53. The molecule has 0 aliphatic heterocycles. The zero-order chi connectivity index (χ0) is 13.7. The van der Waals surface area contributed by atoms with Crippen LogP contribution in [0.15, 0.2) is 54.6 Å². The topological polar surface area (TPSA) is 33.0 Å². The zero-order valence-electron chi connectivity index (χ0n) is 11.2. The molecule has 0 aromatic heterocycles. The molecule has 0 radical (unpaired) electrons. The predicted octanol–water partition coefficient (Wildman–Crippen LogP) is 4.11. The summed E-state index contributed by atoms with van der Waals surface area (Å²) in [5, 5.41) is 9.53. The van der Waals surface area contributed by atoms with Gasteiger partial charge >= 0.3 is 0 Å². The Morgan fingerprint density at radius 1 is 1.00 bits per heavy atom. The highest BCUT2D eigenvalue weighted by atomic mass is 16.5. The average Bonchev–Trinajstić information content (AvgIpc) is 2.49. The van der Waals surface area contributed by atoms with E-state index in [2.05, 4.69) is 25.1 Å². The monoisotopic (exact) mass is 251 g/mol. The van der Waals surface area contributed by atoms with Crippen molar-refractivity contribution in [2.75, 3.05) is 7.11 Å². The van der Waals surface area contributed by atoms with Gasteiger partial charge in [-0.2, -0.15) is 5.26 Å². The average molecular weight is 251 g/mol. The van der Waals surface area contributed by atoms with Gasteiger partial charge in [0.1, 0.15) is 5.75 Å². The quantitative estimate of drug-likeness (QED) is 0.819. The fraction of sp³-hybridized carbons (Fsp3) is 0.235. The molecule has 19 heavy (non-hydrogen) atoms. The molecule has 2 unspecified atom stereocenters. The summed E-state index contributed by atoms with van der Waals surface area (Å²) in [7, 11) is 1.64. The lowest BCUT2D eigenvalue weighted by Crippen LogP contribution is -2.08. The molecule has 0 spiro atoms. The molecule has 2 heteroatoms. The number of rotatable bonds is 4. The Labute approximate surface area is 114 Å². The van der Waals surface area contributed by atoms with Gasteiger partial charge in [0.15, 0.2) is 0 Å². The number of nitriles is 1. The number of benzene rings is 2. The summed E-state index contributed by atoms with van der Waals surface area (Å²) in [4.78, 5) is 0. The molecule has 0 aliphatic rings. The van der Waals surface area contributed by atoms with Crippen LogP contribution >= 0.6 is 0 Å². The molecule has 0 saturated carbocycles. The Kier molecular flexibility index (Phi) is 4.20. The van der Waals surface area contributed by atoms with Crippen molar-refractivity contribution in [2.24, 2.45) is 0 Å². The fourth-order valence-corrected chi connectivity index (χ4v) is 2.32. The van der Waals surface area contributed by atoms with E-state index in [0.29, 0.717) is 0 Å². The van der Waals surface area contributed by atoms with Crippen molar-refractivity contribution in [3.05, 3.63) is 65.7 Å². The normalized spacial score (nSPS) is 13.3. The van der Waals surface area contributed by atoms with Crippen LogP contribution in [-0.4, -0.2) is 7.11 Å². The maximum Gasteiger partial charge on any atom is 0.123 e. The van der Waals surface area contributed by atoms with Crippen LogP contribution in [0, 0.1) is 11.3 Å². The van der Waals surface area contributed by atoms with Gasteiger partial charge in [0.25, 0.3) is 0 Å². The van der Waals surface area contributed by atoms with E-state index in [1.54, 1.807) is 7.11 Å². The molecule has 96 valence electrons. The zero-order valence-corrected chi connectivity index (χ0v) is 11.2. The second-order valence-electron chi connectivity index (χ2n) is 4.55. The molecule has 0 amide bonds. The molecule has 0 N–H and O–H groups in total. The Morgan fingerprint density at radius 3 is 2.26 bits per heavy atom. The number of methoxy groups -OCH3 is 1. The molecule has 2 aromatic rings. The minimum Gasteiger partial charge on any atom is -0.496 e. The van der Waals surface area contributed by atoms with Crippen LogP contribution in [0.1, 0.15) is 29.9 Å². The summed E-state index contributed by atoms with van der Waals surface area (Å²) >= 11 is 0. The molecule has 2 aromatic carbocycles. The van der Waals surface area contributed by atoms with Crippen molar-refractivity contribution in [3.8, 4) is 11.8 Å². The van der Waals surface area contributed by atoms with Crippen molar-refractivity contribution in [3.63, 3.8) is 0 Å². The summed E-state index contributed by atoms with van der Waals surface area (Å²) in [5.74, 6) is 0.692. The highest BCUT2D eigenvalue weighted by Gasteiger charge is 2.23. The van der Waals surface area contributed by atoms with Crippen LogP contribution in [-0.2, 0) is 0 Å². The molecule has 2 rings (SSSR count). The van der Waals surface area contributed by atoms with Crippen LogP contribution in [0.5, 0.6) is 5.75 Å². The van der Waals surface area contributed by atoms with Gasteiger partial charge < -0.3 is 4.74 Å². The molecule has 2 atom stereocenters. The highest BCUT2D eigenvalue weighted by Crippen LogP contribution is 2.36. The number of nitrogens with zero attached hydrogens (tertiary/aromatic N) is 1. The first-order chi connectivity index (χ1) is 9.27. The van der Waals surface area contributed by atoms with Crippen LogP contribution in [0.25, 0.3) is 0 Å². The molecule has 2 nitrogen and oxygen atoms in total. The van der Waals surface area contributed by atoms with Crippen LogP contribution in [0.3, 0.4) is 0 Å². The summed E-state index contributed by atoms with van der Waals surface area (Å²) in [6, 6.07) is 20.3. The fourth-order valence-electron chi connectivity index (χ4n) is 2.32. The third kappa shape index (κ3) is 2.77. The maximum atomic E-state index is 9.53. The van der Waals surface area contributed by atoms with E-state index in [1.165, 1.54) is 5.56 Å². The van der Waals surface area contributed by atoms with Gasteiger partial charge in [-0.15, -0.1) is 0 Å². The van der Waals surface area contributed by atoms with E-state index in [-0.39, 0.29) is 11.8 Å². The lowest BCUT2D eigenvalue weighted by molar-refractivity contribution is 0.406. The summed E-state index contributed by atoms with van der Waals surface area (Å²) in [6.45, 7) is 2.08. The predicted molar refractivity (Wildman–Crippen MR) is 76.2 cm³/mol. The third-order valence-electron chi connectivity index (χ3n) is 3.44. The number of hydrogen-bond acceptors (Lipinski definition) is 2. The molecule has 0 bridgehead atoms. The summed E-state index contributed by atoms with van der Waals surface area (Å²) in [6.07, 6.45) is 0. The van der Waals surface area contributed by atoms with Gasteiger partial charge in [0.2, 0.25) is 0 Å². The van der Waals surface area contributed by atoms with Gasteiger partial charge in [0.05, 0.1) is 19.1 Å². The van der Waals surface area contributed by atoms with E-state index < -0.39 is 0 Å². The third-order valence-corrected chi connectivity index (χ3v) is 3.44. The van der Waals surface area contributed by atoms with Crippen molar-refractivity contribution in [1.82, 2.24) is 0 Å². The van der Waals surface area contributed by atoms with Gasteiger partial charge in [-0.25, -0.2) is 0 Å². The van der Waals surface area contributed by atoms with Crippen molar-refractivity contribution in [2.45, 2.75) is 18.8 Å². The summed E-state index contributed by atoms with van der Waals surface area (Å²) < 4.78 is 5.36. The standard InChI is InChI=1S/C17H17NO/c1-13(14-8-4-3-5-9-14)16(12-18)15-10-6-7-11-17(15)19-2/h3-11,13,16H,1-2H3. The molecular formula is C17H17NO. The van der Waals surface area contributed by atoms with Gasteiger partial charge in [-0.3, -0.25) is 0 Å². The Balaban J connectivity index is 2.38. The first-order valence-corrected chi connectivity index (χ1v) is 6.35. The molecule has 0 saturated heterocycles. The van der Waals surface area contributed by atoms with Gasteiger partial charge in [-0.05, 0) is 11.6 Å². The van der Waals surface area contributed by atoms with Crippen LogP contribution in [0.4, 0.5) is 0 Å². The number of hydrogen-bond donors (Lipinski definition) is 0. The van der Waals surface area contributed by atoms with Gasteiger partial charge in [0, 0.05) is 11.5 Å². The first-order valence-electron chi connectivity index (χ1n) is 6.35. The molecule has 0 fully saturated rings. The van der Waals surface area contributed by atoms with E-state index >= 15 is 0 Å². The minimum atomic E-state index is -0.210. The van der Waals surface area contributed by atoms with Gasteiger partial charge in [-0.1, -0.05) is 55.5 Å². The lowest BCUT2D eigenvalue weighted by Gasteiger charge is -2.20. The minimum absolute atomic E-state index is 0.127. The molecule has 0 heterocycles. The largest absolute Gasteiger partial charge is 0.496 e. The van der Waals surface area contributed by atoms with E-state index in [9.17, 15) is 5.26 Å². The second kappa shape index (κ2) is 6.06. The van der Waals surface area contributed by atoms with E-state index in [4.69, 9.17) is 4.74 Å². The Bertz CT molecular complexity index is 571. The smallest absolute Gasteiger partial charge is 0.123 e. The van der Waals surface area contributed by atoms with E-state index in [1.807, 2.05) is 42.5 Å². The van der Waals surface area contributed by atoms with Crippen molar-refractivity contribution in [1.29, 1.82) is 5.26 Å². The second-order valence-corrected chi connectivity index (χ2v) is 4.55. The first kappa shape index (κ1) is 13.2. The SMILES string of the molecule is COc1ccccc1C(C#N)C(C)c1ccccc1. The van der Waals surface area contributed by atoms with Crippen LogP contribution in [0.2, 0.25) is 0 Å². The number of ether oxygens (including phenoxy) is 1. The Morgan fingerprint density at radius 2 is 1.63 bits per heavy atom. The highest BCUT2D eigenvalue weighted by molar-refractivity contribution is 5.42. The van der Waals surface area contributed by atoms with E-state index in [0.717, 1.165) is 11.3 Å². The molecule has 0 aliphatic carbocycles. The Hall–Kier alpha value is -2.27. The van der Waals surface area contributed by atoms with Crippen LogP contribution < -0.4 is 4.74 Å². The lowest BCUT2D eigenvalue weighted by atomic mass is 9.83. The number of para-hydroxylation sites is 1. The van der Waals surface area contributed by atoms with Crippen molar-refractivity contribution >= 4 is 0 Å². The van der Waals surface area contributed by atoms with Crippen molar-refractivity contribution < 1.29 is 4.74 Å².